The number of hydrogen-bond donors (Lipinski definition) is 1. The Balaban J connectivity index is 2.30. The number of rotatable bonds is 7. The molecule has 0 saturated carbocycles. The molecular weight excluding hydrogens is 414 g/mol. The monoisotopic (exact) mass is 432 g/mol. The normalized spacial score (nSPS) is 12.5. The molecule has 9 heteroatoms. The van der Waals surface area contributed by atoms with E-state index in [1.54, 1.807) is 31.2 Å². The van der Waals surface area contributed by atoms with E-state index in [0.29, 0.717) is 10.6 Å². The topological polar surface area (TPSA) is 66.5 Å². The van der Waals surface area contributed by atoms with Crippen molar-refractivity contribution >= 4 is 44.8 Å². The highest BCUT2D eigenvalue weighted by Crippen LogP contribution is 2.27. The van der Waals surface area contributed by atoms with E-state index >= 15 is 0 Å². The zero-order chi connectivity index (χ0) is 20.2. The van der Waals surface area contributed by atoms with E-state index in [0.717, 1.165) is 16.6 Å². The number of carbonyl (C=O) groups excluding carboxylic acids is 1. The van der Waals surface area contributed by atoms with Gasteiger partial charge >= 0.3 is 0 Å². The second-order valence-electron chi connectivity index (χ2n) is 5.89. The van der Waals surface area contributed by atoms with Gasteiger partial charge in [-0.15, -0.1) is 0 Å². The van der Waals surface area contributed by atoms with Gasteiger partial charge < -0.3 is 5.32 Å². The molecule has 2 aromatic rings. The van der Waals surface area contributed by atoms with Gasteiger partial charge in [0, 0.05) is 11.6 Å². The molecule has 0 aliphatic carbocycles. The van der Waals surface area contributed by atoms with Crippen LogP contribution in [0, 0.1) is 5.82 Å². The molecule has 1 atom stereocenters. The lowest BCUT2D eigenvalue weighted by Crippen LogP contribution is -2.49. The first-order valence-corrected chi connectivity index (χ1v) is 10.7. The molecule has 2 rings (SSSR count). The SMILES string of the molecule is CC[C@H](C(=O)NCc1ccccc1Cl)N(c1ccc(F)c(Cl)c1)S(C)(=O)=O. The van der Waals surface area contributed by atoms with Gasteiger partial charge in [-0.3, -0.25) is 9.10 Å². The van der Waals surface area contributed by atoms with Crippen molar-refractivity contribution in [1.82, 2.24) is 5.32 Å². The summed E-state index contributed by atoms with van der Waals surface area (Å²) in [5, 5.41) is 2.97. The van der Waals surface area contributed by atoms with Gasteiger partial charge in [0.25, 0.3) is 0 Å². The molecule has 2 aromatic carbocycles. The Bertz CT molecular complexity index is 938. The minimum atomic E-state index is -3.83. The van der Waals surface area contributed by atoms with Crippen LogP contribution in [0.4, 0.5) is 10.1 Å². The summed E-state index contributed by atoms with van der Waals surface area (Å²) in [5.74, 6) is -1.17. The number of sulfonamides is 1. The largest absolute Gasteiger partial charge is 0.350 e. The van der Waals surface area contributed by atoms with Crippen molar-refractivity contribution in [2.75, 3.05) is 10.6 Å². The number of nitrogens with one attached hydrogen (secondary N) is 1. The minimum Gasteiger partial charge on any atom is -0.350 e. The van der Waals surface area contributed by atoms with Crippen molar-refractivity contribution in [1.29, 1.82) is 0 Å². The predicted octanol–water partition coefficient (Wildman–Crippen LogP) is 3.99. The second kappa shape index (κ2) is 8.91. The lowest BCUT2D eigenvalue weighted by atomic mass is 10.1. The lowest BCUT2D eigenvalue weighted by Gasteiger charge is -2.30. The van der Waals surface area contributed by atoms with Gasteiger partial charge in [0.1, 0.15) is 11.9 Å². The van der Waals surface area contributed by atoms with E-state index in [2.05, 4.69) is 5.32 Å². The molecule has 27 heavy (non-hydrogen) atoms. The van der Waals surface area contributed by atoms with Gasteiger partial charge in [-0.25, -0.2) is 12.8 Å². The van der Waals surface area contributed by atoms with Crippen LogP contribution in [0.15, 0.2) is 42.5 Å². The fourth-order valence-electron chi connectivity index (χ4n) is 2.62. The average molecular weight is 433 g/mol. The molecule has 0 radical (unpaired) electrons. The van der Waals surface area contributed by atoms with Crippen LogP contribution < -0.4 is 9.62 Å². The average Bonchev–Trinajstić information content (AvgIpc) is 2.60. The molecule has 0 aliphatic heterocycles. The number of anilines is 1. The molecule has 1 amide bonds. The quantitative estimate of drug-likeness (QED) is 0.718. The maximum absolute atomic E-state index is 13.5. The zero-order valence-corrected chi connectivity index (χ0v) is 17.1. The van der Waals surface area contributed by atoms with E-state index in [1.807, 2.05) is 0 Å². The van der Waals surface area contributed by atoms with Crippen LogP contribution in [0.3, 0.4) is 0 Å². The maximum atomic E-state index is 13.5. The Morgan fingerprint density at radius 3 is 2.41 bits per heavy atom. The molecule has 0 fully saturated rings. The first-order chi connectivity index (χ1) is 12.6. The summed E-state index contributed by atoms with van der Waals surface area (Å²) in [5.41, 5.74) is 0.821. The Kier molecular flexibility index (Phi) is 7.08. The van der Waals surface area contributed by atoms with Gasteiger partial charge in [0.15, 0.2) is 0 Å². The van der Waals surface area contributed by atoms with E-state index < -0.39 is 27.8 Å². The molecule has 0 spiro atoms. The molecular formula is C18H19Cl2FN2O3S. The highest BCUT2D eigenvalue weighted by Gasteiger charge is 2.31. The van der Waals surface area contributed by atoms with E-state index in [-0.39, 0.29) is 23.7 Å². The summed E-state index contributed by atoms with van der Waals surface area (Å²) in [6.45, 7) is 1.83. The van der Waals surface area contributed by atoms with Gasteiger partial charge in [0.05, 0.1) is 17.0 Å². The maximum Gasteiger partial charge on any atom is 0.244 e. The molecule has 146 valence electrons. The van der Waals surface area contributed by atoms with Crippen LogP contribution in [0.25, 0.3) is 0 Å². The van der Waals surface area contributed by atoms with Crippen molar-refractivity contribution in [3.63, 3.8) is 0 Å². The minimum absolute atomic E-state index is 0.114. The van der Waals surface area contributed by atoms with Crippen LogP contribution in [0.1, 0.15) is 18.9 Å². The Hall–Kier alpha value is -1.83. The number of halogens is 3. The third kappa shape index (κ3) is 5.34. The van der Waals surface area contributed by atoms with Gasteiger partial charge in [-0.05, 0) is 36.2 Å². The fourth-order valence-corrected chi connectivity index (χ4v) is 4.21. The van der Waals surface area contributed by atoms with Crippen LogP contribution in [0.5, 0.6) is 0 Å². The van der Waals surface area contributed by atoms with Crippen molar-refractivity contribution < 1.29 is 17.6 Å². The van der Waals surface area contributed by atoms with Crippen molar-refractivity contribution in [3.8, 4) is 0 Å². The van der Waals surface area contributed by atoms with Crippen molar-refractivity contribution in [2.24, 2.45) is 0 Å². The number of hydrogen-bond acceptors (Lipinski definition) is 3. The number of nitrogens with zero attached hydrogens (tertiary/aromatic N) is 1. The summed E-state index contributed by atoms with van der Waals surface area (Å²) in [4.78, 5) is 12.7. The summed E-state index contributed by atoms with van der Waals surface area (Å²) in [6, 6.07) is 9.50. The standard InChI is InChI=1S/C18H19Cl2FN2O3S/c1-3-17(18(24)22-11-12-6-4-5-7-14(12)19)23(27(2,25)26)13-8-9-16(21)15(20)10-13/h4-10,17H,3,11H2,1-2H3,(H,22,24)/t17-/m1/s1. The van der Waals surface area contributed by atoms with E-state index in [4.69, 9.17) is 23.2 Å². The van der Waals surface area contributed by atoms with Crippen molar-refractivity contribution in [2.45, 2.75) is 25.9 Å². The number of benzene rings is 2. The third-order valence-electron chi connectivity index (χ3n) is 3.90. The molecule has 0 bridgehead atoms. The summed E-state index contributed by atoms with van der Waals surface area (Å²) >= 11 is 11.9. The number of carbonyl (C=O) groups is 1. The van der Waals surface area contributed by atoms with E-state index in [1.165, 1.54) is 12.1 Å². The van der Waals surface area contributed by atoms with Gasteiger partial charge in [0.2, 0.25) is 15.9 Å². The summed E-state index contributed by atoms with van der Waals surface area (Å²) in [7, 11) is -3.83. The van der Waals surface area contributed by atoms with Gasteiger partial charge in [-0.2, -0.15) is 0 Å². The molecule has 0 aliphatic rings. The van der Waals surface area contributed by atoms with Crippen LogP contribution in [-0.4, -0.2) is 26.6 Å². The Labute approximate surface area is 168 Å². The third-order valence-corrected chi connectivity index (χ3v) is 5.74. The lowest BCUT2D eigenvalue weighted by molar-refractivity contribution is -0.122. The molecule has 5 nitrogen and oxygen atoms in total. The van der Waals surface area contributed by atoms with Crippen LogP contribution >= 0.6 is 23.2 Å². The molecule has 0 saturated heterocycles. The highest BCUT2D eigenvalue weighted by atomic mass is 35.5. The smallest absolute Gasteiger partial charge is 0.244 e. The zero-order valence-electron chi connectivity index (χ0n) is 14.7. The first-order valence-electron chi connectivity index (χ1n) is 8.10. The first kappa shape index (κ1) is 21.5. The van der Waals surface area contributed by atoms with Crippen LogP contribution in [0.2, 0.25) is 10.0 Å². The molecule has 0 heterocycles. The Morgan fingerprint density at radius 2 is 1.85 bits per heavy atom. The summed E-state index contributed by atoms with van der Waals surface area (Å²) < 4.78 is 39.1. The molecule has 1 N–H and O–H groups in total. The molecule has 0 unspecified atom stereocenters. The second-order valence-corrected chi connectivity index (χ2v) is 8.56. The van der Waals surface area contributed by atoms with E-state index in [9.17, 15) is 17.6 Å². The fraction of sp³-hybridized carbons (Fsp3) is 0.278. The van der Waals surface area contributed by atoms with Gasteiger partial charge in [-0.1, -0.05) is 48.3 Å². The van der Waals surface area contributed by atoms with Crippen molar-refractivity contribution in [3.05, 3.63) is 63.9 Å². The Morgan fingerprint density at radius 1 is 1.19 bits per heavy atom. The highest BCUT2D eigenvalue weighted by molar-refractivity contribution is 7.92. The summed E-state index contributed by atoms with van der Waals surface area (Å²) in [6.07, 6.45) is 1.19. The predicted molar refractivity (Wildman–Crippen MR) is 106 cm³/mol. The molecule has 0 aromatic heterocycles. The van der Waals surface area contributed by atoms with Crippen LogP contribution in [-0.2, 0) is 21.4 Å². The number of amides is 1.